The number of aliphatic carboxylic acids is 1. The molecule has 0 aliphatic rings. The topological polar surface area (TPSA) is 75.6 Å². The van der Waals surface area contributed by atoms with Crippen LogP contribution in [0.2, 0.25) is 0 Å². The highest BCUT2D eigenvalue weighted by molar-refractivity contribution is 5.71. The van der Waals surface area contributed by atoms with Gasteiger partial charge >= 0.3 is 12.1 Å². The van der Waals surface area contributed by atoms with E-state index in [2.05, 4.69) is 11.9 Å². The van der Waals surface area contributed by atoms with Gasteiger partial charge in [-0.1, -0.05) is 30.9 Å². The summed E-state index contributed by atoms with van der Waals surface area (Å²) in [6.45, 7) is 10.8. The lowest BCUT2D eigenvalue weighted by Gasteiger charge is -2.23. The first kappa shape index (κ1) is 19.0. The molecule has 0 saturated heterocycles. The second kappa shape index (κ2) is 9.00. The summed E-state index contributed by atoms with van der Waals surface area (Å²) < 4.78 is 5.14. The van der Waals surface area contributed by atoms with Gasteiger partial charge in [-0.05, 0) is 39.7 Å². The van der Waals surface area contributed by atoms with Gasteiger partial charge in [-0.25, -0.2) is 4.79 Å². The second-order valence-electron chi connectivity index (χ2n) is 5.62. The SMILES string of the molecule is C=C/C(=C\C=C/C)C[C@H](CC(=O)O)NC(=O)OC(C)(C)C. The summed E-state index contributed by atoms with van der Waals surface area (Å²) in [5, 5.41) is 11.5. The van der Waals surface area contributed by atoms with Crippen LogP contribution in [0.5, 0.6) is 0 Å². The van der Waals surface area contributed by atoms with Gasteiger partial charge < -0.3 is 15.2 Å². The van der Waals surface area contributed by atoms with Crippen LogP contribution in [0.4, 0.5) is 4.79 Å². The lowest BCUT2D eigenvalue weighted by Crippen LogP contribution is -2.40. The van der Waals surface area contributed by atoms with Crippen LogP contribution >= 0.6 is 0 Å². The highest BCUT2D eigenvalue weighted by Crippen LogP contribution is 2.12. The maximum Gasteiger partial charge on any atom is 0.407 e. The lowest BCUT2D eigenvalue weighted by molar-refractivity contribution is -0.137. The van der Waals surface area contributed by atoms with Crippen molar-refractivity contribution in [1.82, 2.24) is 5.32 Å². The van der Waals surface area contributed by atoms with Crippen molar-refractivity contribution in [2.45, 2.75) is 52.2 Å². The summed E-state index contributed by atoms with van der Waals surface area (Å²) in [5.74, 6) is -0.981. The summed E-state index contributed by atoms with van der Waals surface area (Å²) in [6, 6.07) is -0.549. The zero-order valence-corrected chi connectivity index (χ0v) is 13.2. The minimum Gasteiger partial charge on any atom is -0.481 e. The number of carboxylic acids is 1. The number of carbonyl (C=O) groups is 2. The molecule has 0 spiro atoms. The third-order valence-electron chi connectivity index (χ3n) is 2.39. The Morgan fingerprint density at radius 1 is 1.33 bits per heavy atom. The van der Waals surface area contributed by atoms with Crippen LogP contribution in [0.15, 0.2) is 36.5 Å². The highest BCUT2D eigenvalue weighted by atomic mass is 16.6. The highest BCUT2D eigenvalue weighted by Gasteiger charge is 2.21. The molecule has 21 heavy (non-hydrogen) atoms. The quantitative estimate of drug-likeness (QED) is 0.705. The first-order valence-corrected chi connectivity index (χ1v) is 6.83. The molecule has 2 N–H and O–H groups in total. The van der Waals surface area contributed by atoms with E-state index < -0.39 is 23.7 Å². The minimum absolute atomic E-state index is 0.180. The third kappa shape index (κ3) is 10.4. The molecular weight excluding hydrogens is 270 g/mol. The molecule has 5 heteroatoms. The predicted octanol–water partition coefficient (Wildman–Crippen LogP) is 3.43. The number of hydrogen-bond acceptors (Lipinski definition) is 3. The van der Waals surface area contributed by atoms with E-state index in [4.69, 9.17) is 9.84 Å². The first-order chi connectivity index (χ1) is 9.67. The Balaban J connectivity index is 4.83. The number of ether oxygens (including phenoxy) is 1. The van der Waals surface area contributed by atoms with Crippen molar-refractivity contribution in [2.75, 3.05) is 0 Å². The van der Waals surface area contributed by atoms with Crippen molar-refractivity contribution >= 4 is 12.1 Å². The van der Waals surface area contributed by atoms with Gasteiger partial charge in [0.1, 0.15) is 5.60 Å². The summed E-state index contributed by atoms with van der Waals surface area (Å²) in [7, 11) is 0. The molecular formula is C16H25NO4. The Hall–Kier alpha value is -2.04. The first-order valence-electron chi connectivity index (χ1n) is 6.83. The van der Waals surface area contributed by atoms with Crippen LogP contribution in [-0.2, 0) is 9.53 Å². The van der Waals surface area contributed by atoms with E-state index in [1.807, 2.05) is 25.2 Å². The maximum absolute atomic E-state index is 11.7. The predicted molar refractivity (Wildman–Crippen MR) is 83.1 cm³/mol. The number of amides is 1. The maximum atomic E-state index is 11.7. The molecule has 0 rings (SSSR count). The number of allylic oxidation sites excluding steroid dienone is 4. The van der Waals surface area contributed by atoms with Crippen LogP contribution in [0.3, 0.4) is 0 Å². The molecule has 0 aromatic carbocycles. The Labute approximate surface area is 126 Å². The molecule has 5 nitrogen and oxygen atoms in total. The van der Waals surface area contributed by atoms with Gasteiger partial charge in [-0.2, -0.15) is 0 Å². The summed E-state index contributed by atoms with van der Waals surface area (Å²) >= 11 is 0. The molecule has 0 aromatic heterocycles. The monoisotopic (exact) mass is 295 g/mol. The number of hydrogen-bond donors (Lipinski definition) is 2. The van der Waals surface area contributed by atoms with E-state index in [0.717, 1.165) is 5.57 Å². The number of alkyl carbamates (subject to hydrolysis) is 1. The van der Waals surface area contributed by atoms with Crippen molar-refractivity contribution in [2.24, 2.45) is 0 Å². The fourth-order valence-electron chi connectivity index (χ4n) is 1.58. The molecule has 0 bridgehead atoms. The van der Waals surface area contributed by atoms with Crippen molar-refractivity contribution in [3.8, 4) is 0 Å². The second-order valence-corrected chi connectivity index (χ2v) is 5.62. The standard InChI is InChI=1S/C16H25NO4/c1-6-8-9-12(7-2)10-13(11-14(18)19)17-15(20)21-16(3,4)5/h6-9,13H,2,10-11H2,1,3-5H3,(H,17,20)(H,18,19)/b8-6-,12-9+/t13-/m1/s1. The van der Waals surface area contributed by atoms with Crippen molar-refractivity contribution in [1.29, 1.82) is 0 Å². The normalized spacial score (nSPS) is 13.8. The van der Waals surface area contributed by atoms with Crippen molar-refractivity contribution in [3.05, 3.63) is 36.5 Å². The average molecular weight is 295 g/mol. The van der Waals surface area contributed by atoms with E-state index in [1.165, 1.54) is 0 Å². The smallest absolute Gasteiger partial charge is 0.407 e. The Bertz CT molecular complexity index is 430. The van der Waals surface area contributed by atoms with E-state index in [1.54, 1.807) is 26.8 Å². The van der Waals surface area contributed by atoms with E-state index in [0.29, 0.717) is 6.42 Å². The largest absolute Gasteiger partial charge is 0.481 e. The molecule has 0 aliphatic heterocycles. The molecule has 0 heterocycles. The Morgan fingerprint density at radius 3 is 2.38 bits per heavy atom. The fraction of sp³-hybridized carbons (Fsp3) is 0.500. The minimum atomic E-state index is -0.981. The molecule has 0 fully saturated rings. The van der Waals surface area contributed by atoms with Crippen LogP contribution in [0, 0.1) is 0 Å². The molecule has 0 aromatic rings. The molecule has 0 unspecified atom stereocenters. The van der Waals surface area contributed by atoms with Gasteiger partial charge in [0.25, 0.3) is 0 Å². The number of nitrogens with one attached hydrogen (secondary N) is 1. The molecule has 0 aliphatic carbocycles. The number of rotatable bonds is 7. The summed E-state index contributed by atoms with van der Waals surface area (Å²) in [5.41, 5.74) is 0.218. The fourth-order valence-corrected chi connectivity index (χ4v) is 1.58. The molecule has 118 valence electrons. The van der Waals surface area contributed by atoms with E-state index >= 15 is 0 Å². The van der Waals surface area contributed by atoms with E-state index in [-0.39, 0.29) is 6.42 Å². The summed E-state index contributed by atoms with van der Waals surface area (Å²) in [6.07, 6.45) is 6.74. The van der Waals surface area contributed by atoms with Gasteiger partial charge in [-0.15, -0.1) is 0 Å². The van der Waals surface area contributed by atoms with Gasteiger partial charge in [0.05, 0.1) is 6.42 Å². The van der Waals surface area contributed by atoms with Crippen LogP contribution in [-0.4, -0.2) is 28.8 Å². The molecule has 1 amide bonds. The number of carboxylic acid groups (broad SMARTS) is 1. The van der Waals surface area contributed by atoms with Crippen molar-refractivity contribution < 1.29 is 19.4 Å². The van der Waals surface area contributed by atoms with Gasteiger partial charge in [-0.3, -0.25) is 4.79 Å². The van der Waals surface area contributed by atoms with Crippen molar-refractivity contribution in [3.63, 3.8) is 0 Å². The molecule has 0 radical (unpaired) electrons. The summed E-state index contributed by atoms with van der Waals surface area (Å²) in [4.78, 5) is 22.7. The Morgan fingerprint density at radius 2 is 1.95 bits per heavy atom. The zero-order valence-electron chi connectivity index (χ0n) is 13.2. The van der Waals surface area contributed by atoms with Crippen LogP contribution in [0.1, 0.15) is 40.5 Å². The molecule has 0 saturated carbocycles. The Kier molecular flexibility index (Phi) is 8.12. The molecule has 1 atom stereocenters. The number of carbonyl (C=O) groups excluding carboxylic acids is 1. The van der Waals surface area contributed by atoms with Crippen LogP contribution in [0.25, 0.3) is 0 Å². The van der Waals surface area contributed by atoms with Gasteiger partial charge in [0, 0.05) is 6.04 Å². The third-order valence-corrected chi connectivity index (χ3v) is 2.39. The van der Waals surface area contributed by atoms with Gasteiger partial charge in [0.15, 0.2) is 0 Å². The average Bonchev–Trinajstić information content (AvgIpc) is 2.30. The van der Waals surface area contributed by atoms with Crippen LogP contribution < -0.4 is 5.32 Å². The van der Waals surface area contributed by atoms with Gasteiger partial charge in [0.2, 0.25) is 0 Å². The zero-order chi connectivity index (χ0) is 16.5. The van der Waals surface area contributed by atoms with E-state index in [9.17, 15) is 9.59 Å². The lowest BCUT2D eigenvalue weighted by atomic mass is 10.0.